The first-order valence-corrected chi connectivity index (χ1v) is 8.25. The molecule has 2 rings (SSSR count). The minimum absolute atomic E-state index is 0.0346. The van der Waals surface area contributed by atoms with Crippen molar-refractivity contribution in [1.29, 1.82) is 0 Å². The molecular formula is C17H19F3N2O5. The number of hydrogen-bond acceptors (Lipinski definition) is 5. The van der Waals surface area contributed by atoms with E-state index in [9.17, 15) is 27.6 Å². The highest BCUT2D eigenvalue weighted by Crippen LogP contribution is 2.29. The van der Waals surface area contributed by atoms with Gasteiger partial charge in [0.15, 0.2) is 6.61 Å². The molecule has 1 aromatic rings. The average molecular weight is 388 g/mol. The van der Waals surface area contributed by atoms with Crippen molar-refractivity contribution < 1.29 is 37.0 Å². The van der Waals surface area contributed by atoms with Gasteiger partial charge in [-0.1, -0.05) is 0 Å². The van der Waals surface area contributed by atoms with Crippen molar-refractivity contribution in [3.63, 3.8) is 0 Å². The Balaban J connectivity index is 1.66. The van der Waals surface area contributed by atoms with Gasteiger partial charge >= 0.3 is 12.1 Å². The third-order valence-electron chi connectivity index (χ3n) is 3.78. The van der Waals surface area contributed by atoms with Crippen LogP contribution in [0.15, 0.2) is 24.3 Å². The lowest BCUT2D eigenvalue weighted by atomic mass is 10.1. The van der Waals surface area contributed by atoms with Gasteiger partial charge in [-0.3, -0.25) is 14.4 Å². The van der Waals surface area contributed by atoms with Crippen molar-refractivity contribution in [1.82, 2.24) is 10.6 Å². The van der Waals surface area contributed by atoms with E-state index >= 15 is 0 Å². The predicted molar refractivity (Wildman–Crippen MR) is 86.7 cm³/mol. The number of carbonyl (C=O) groups is 3. The molecule has 1 atom stereocenters. The van der Waals surface area contributed by atoms with Crippen molar-refractivity contribution in [2.24, 2.45) is 0 Å². The van der Waals surface area contributed by atoms with Gasteiger partial charge in [-0.15, -0.1) is 0 Å². The summed E-state index contributed by atoms with van der Waals surface area (Å²) in [6, 6.07) is 3.54. The molecule has 0 aliphatic carbocycles. The molecular weight excluding hydrogens is 369 g/mol. The van der Waals surface area contributed by atoms with Crippen LogP contribution in [0.4, 0.5) is 13.2 Å². The molecule has 0 radical (unpaired) electrons. The Bertz CT molecular complexity index is 670. The first-order valence-electron chi connectivity index (χ1n) is 8.25. The number of rotatable bonds is 7. The summed E-state index contributed by atoms with van der Waals surface area (Å²) in [5.74, 6) is -2.07. The van der Waals surface area contributed by atoms with Crippen molar-refractivity contribution in [2.45, 2.75) is 25.1 Å². The van der Waals surface area contributed by atoms with Crippen LogP contribution in [0.2, 0.25) is 0 Å². The molecule has 1 heterocycles. The second kappa shape index (κ2) is 9.36. The minimum atomic E-state index is -4.50. The molecule has 2 N–H and O–H groups in total. The van der Waals surface area contributed by atoms with Gasteiger partial charge in [0.1, 0.15) is 6.54 Å². The zero-order valence-corrected chi connectivity index (χ0v) is 14.3. The lowest BCUT2D eigenvalue weighted by Gasteiger charge is -2.11. The predicted octanol–water partition coefficient (Wildman–Crippen LogP) is 1.27. The summed E-state index contributed by atoms with van der Waals surface area (Å²) >= 11 is 0. The van der Waals surface area contributed by atoms with Crippen LogP contribution in [-0.4, -0.2) is 50.2 Å². The molecule has 1 saturated heterocycles. The van der Waals surface area contributed by atoms with Gasteiger partial charge in [-0.05, 0) is 37.1 Å². The number of halogens is 3. The van der Waals surface area contributed by atoms with Crippen LogP contribution in [0.3, 0.4) is 0 Å². The minimum Gasteiger partial charge on any atom is -0.454 e. The maximum atomic E-state index is 12.5. The first-order chi connectivity index (χ1) is 12.8. The number of ether oxygens (including phenoxy) is 2. The number of carbonyl (C=O) groups excluding carboxylic acids is 3. The highest BCUT2D eigenvalue weighted by molar-refractivity contribution is 5.96. The van der Waals surface area contributed by atoms with Crippen LogP contribution >= 0.6 is 0 Å². The summed E-state index contributed by atoms with van der Waals surface area (Å²) in [6.07, 6.45) is -2.74. The van der Waals surface area contributed by atoms with Gasteiger partial charge in [0.2, 0.25) is 0 Å². The summed E-state index contributed by atoms with van der Waals surface area (Å²) < 4.78 is 47.4. The molecule has 0 bridgehead atoms. The average Bonchev–Trinajstić information content (AvgIpc) is 3.15. The maximum Gasteiger partial charge on any atom is 0.416 e. The Morgan fingerprint density at radius 3 is 2.44 bits per heavy atom. The molecule has 1 aliphatic rings. The van der Waals surface area contributed by atoms with E-state index in [0.29, 0.717) is 13.2 Å². The number of alkyl halides is 3. The topological polar surface area (TPSA) is 93.7 Å². The van der Waals surface area contributed by atoms with E-state index in [0.717, 1.165) is 37.1 Å². The summed E-state index contributed by atoms with van der Waals surface area (Å²) in [5.41, 5.74) is -0.919. The van der Waals surface area contributed by atoms with Crippen LogP contribution in [0.25, 0.3) is 0 Å². The van der Waals surface area contributed by atoms with Crippen LogP contribution in [0.1, 0.15) is 28.8 Å². The molecule has 1 aromatic carbocycles. The van der Waals surface area contributed by atoms with Gasteiger partial charge in [-0.2, -0.15) is 13.2 Å². The molecule has 1 aliphatic heterocycles. The van der Waals surface area contributed by atoms with Crippen molar-refractivity contribution in [3.8, 4) is 0 Å². The standard InChI is InChI=1S/C17H19F3N2O5/c18-17(19,20)12-5-3-11(4-6-12)16(25)22-9-15(24)27-10-14(23)21-8-13-2-1-7-26-13/h3-6,13H,1-2,7-10H2,(H,21,23)(H,22,25)/t13-/m1/s1. The fourth-order valence-electron chi connectivity index (χ4n) is 2.35. The highest BCUT2D eigenvalue weighted by Gasteiger charge is 2.30. The van der Waals surface area contributed by atoms with Crippen LogP contribution < -0.4 is 10.6 Å². The number of amides is 2. The second-order valence-corrected chi connectivity index (χ2v) is 5.86. The Hall–Kier alpha value is -2.62. The second-order valence-electron chi connectivity index (χ2n) is 5.86. The molecule has 0 spiro atoms. The van der Waals surface area contributed by atoms with Gasteiger partial charge in [0, 0.05) is 18.7 Å². The summed E-state index contributed by atoms with van der Waals surface area (Å²) in [7, 11) is 0. The number of benzene rings is 1. The molecule has 148 valence electrons. The third-order valence-corrected chi connectivity index (χ3v) is 3.78. The normalized spacial score (nSPS) is 16.6. The van der Waals surface area contributed by atoms with Gasteiger partial charge < -0.3 is 20.1 Å². The zero-order chi connectivity index (χ0) is 19.9. The number of nitrogens with one attached hydrogen (secondary N) is 2. The van der Waals surface area contributed by atoms with E-state index < -0.39 is 42.7 Å². The van der Waals surface area contributed by atoms with Gasteiger partial charge in [0.25, 0.3) is 11.8 Å². The Kier molecular flexibility index (Phi) is 7.17. The summed E-state index contributed by atoms with van der Waals surface area (Å²) in [5, 5.41) is 4.78. The fourth-order valence-corrected chi connectivity index (χ4v) is 2.35. The molecule has 0 unspecified atom stereocenters. The van der Waals surface area contributed by atoms with E-state index in [4.69, 9.17) is 9.47 Å². The summed E-state index contributed by atoms with van der Waals surface area (Å²) in [4.78, 5) is 34.9. The van der Waals surface area contributed by atoms with Crippen LogP contribution in [-0.2, 0) is 25.2 Å². The SMILES string of the molecule is O=C(COC(=O)CNC(=O)c1ccc(C(F)(F)F)cc1)NC[C@H]1CCCO1. The van der Waals surface area contributed by atoms with Crippen molar-refractivity contribution >= 4 is 17.8 Å². The molecule has 0 saturated carbocycles. The Morgan fingerprint density at radius 1 is 1.15 bits per heavy atom. The molecule has 10 heteroatoms. The Morgan fingerprint density at radius 2 is 1.85 bits per heavy atom. The number of esters is 1. The van der Waals surface area contributed by atoms with Gasteiger partial charge in [0.05, 0.1) is 11.7 Å². The molecule has 2 amide bonds. The van der Waals surface area contributed by atoms with E-state index in [1.165, 1.54) is 0 Å². The maximum absolute atomic E-state index is 12.5. The molecule has 27 heavy (non-hydrogen) atoms. The highest BCUT2D eigenvalue weighted by atomic mass is 19.4. The third kappa shape index (κ3) is 6.89. The monoisotopic (exact) mass is 388 g/mol. The lowest BCUT2D eigenvalue weighted by Crippen LogP contribution is -2.36. The van der Waals surface area contributed by atoms with E-state index in [1.54, 1.807) is 0 Å². The molecule has 1 fully saturated rings. The quantitative estimate of drug-likeness (QED) is 0.687. The van der Waals surface area contributed by atoms with Crippen molar-refractivity contribution in [3.05, 3.63) is 35.4 Å². The zero-order valence-electron chi connectivity index (χ0n) is 14.3. The van der Waals surface area contributed by atoms with E-state index in [1.807, 2.05) is 0 Å². The van der Waals surface area contributed by atoms with E-state index in [-0.39, 0.29) is 11.7 Å². The summed E-state index contributed by atoms with van der Waals surface area (Å²) in [6.45, 7) is -0.0181. The first kappa shape index (κ1) is 20.7. The largest absolute Gasteiger partial charge is 0.454 e. The smallest absolute Gasteiger partial charge is 0.416 e. The molecule has 0 aromatic heterocycles. The van der Waals surface area contributed by atoms with Crippen LogP contribution in [0.5, 0.6) is 0 Å². The van der Waals surface area contributed by atoms with E-state index in [2.05, 4.69) is 10.6 Å². The molecule has 7 nitrogen and oxygen atoms in total. The fraction of sp³-hybridized carbons (Fsp3) is 0.471. The van der Waals surface area contributed by atoms with Crippen LogP contribution in [0, 0.1) is 0 Å². The Labute approximate surface area is 153 Å². The van der Waals surface area contributed by atoms with Gasteiger partial charge in [-0.25, -0.2) is 0 Å². The number of hydrogen-bond donors (Lipinski definition) is 2. The lowest BCUT2D eigenvalue weighted by molar-refractivity contribution is -0.147. The van der Waals surface area contributed by atoms with Crippen molar-refractivity contribution in [2.75, 3.05) is 26.3 Å².